The number of alkyl halides is 3. The fourth-order valence-electron chi connectivity index (χ4n) is 1.76. The van der Waals surface area contributed by atoms with Gasteiger partial charge in [0.05, 0.1) is 16.2 Å². The molecule has 0 aliphatic carbocycles. The molecule has 0 atom stereocenters. The van der Waals surface area contributed by atoms with Gasteiger partial charge in [-0.05, 0) is 33.8 Å². The maximum Gasteiger partial charge on any atom is 0.496 e. The van der Waals surface area contributed by atoms with Gasteiger partial charge in [0.25, 0.3) is 0 Å². The lowest BCUT2D eigenvalue weighted by molar-refractivity contribution is -0.141. The van der Waals surface area contributed by atoms with E-state index in [0.717, 1.165) is 12.3 Å². The van der Waals surface area contributed by atoms with Crippen molar-refractivity contribution in [2.24, 2.45) is 0 Å². The Kier molecular flexibility index (Phi) is 3.60. The Bertz CT molecular complexity index is 518. The predicted octanol–water partition coefficient (Wildman–Crippen LogP) is 3.05. The van der Waals surface area contributed by atoms with E-state index >= 15 is 0 Å². The SMILES string of the molecule is CC1(C)OB(c2cc(C(F)(F)F)ncc2Cl)OC1(C)C. The molecular formula is C12H14BClF3NO2. The molecule has 0 aromatic carbocycles. The minimum atomic E-state index is -4.54. The molecule has 0 N–H and O–H groups in total. The predicted molar refractivity (Wildman–Crippen MR) is 70.0 cm³/mol. The Hall–Kier alpha value is -0.785. The molecule has 0 radical (unpaired) electrons. The molecule has 1 aromatic heterocycles. The zero-order valence-corrected chi connectivity index (χ0v) is 12.3. The molecule has 1 fully saturated rings. The molecule has 2 rings (SSSR count). The minimum absolute atomic E-state index is 0.0801. The summed E-state index contributed by atoms with van der Waals surface area (Å²) in [5.74, 6) is 0. The van der Waals surface area contributed by atoms with E-state index < -0.39 is 30.2 Å². The Morgan fingerprint density at radius 3 is 2.10 bits per heavy atom. The van der Waals surface area contributed by atoms with Crippen LogP contribution in [0.25, 0.3) is 0 Å². The Labute approximate surface area is 120 Å². The summed E-state index contributed by atoms with van der Waals surface area (Å²) in [6.07, 6.45) is -3.58. The normalized spacial score (nSPS) is 21.3. The van der Waals surface area contributed by atoms with Gasteiger partial charge in [-0.2, -0.15) is 13.2 Å². The van der Waals surface area contributed by atoms with E-state index in [1.165, 1.54) is 0 Å². The molecule has 0 saturated carbocycles. The van der Waals surface area contributed by atoms with Gasteiger partial charge in [0.1, 0.15) is 5.69 Å². The Balaban J connectivity index is 2.40. The zero-order chi connectivity index (χ0) is 15.3. The second-order valence-electron chi connectivity index (χ2n) is 5.68. The van der Waals surface area contributed by atoms with E-state index in [2.05, 4.69) is 4.98 Å². The zero-order valence-electron chi connectivity index (χ0n) is 11.5. The van der Waals surface area contributed by atoms with Gasteiger partial charge in [-0.15, -0.1) is 0 Å². The summed E-state index contributed by atoms with van der Waals surface area (Å²) in [6.45, 7) is 7.25. The lowest BCUT2D eigenvalue weighted by Crippen LogP contribution is -2.41. The summed E-state index contributed by atoms with van der Waals surface area (Å²) in [4.78, 5) is 3.29. The van der Waals surface area contributed by atoms with Crippen molar-refractivity contribution in [1.29, 1.82) is 0 Å². The van der Waals surface area contributed by atoms with E-state index in [4.69, 9.17) is 20.9 Å². The fourth-order valence-corrected chi connectivity index (χ4v) is 1.95. The van der Waals surface area contributed by atoms with Crippen LogP contribution >= 0.6 is 11.6 Å². The molecule has 0 spiro atoms. The first-order valence-electron chi connectivity index (χ1n) is 6.02. The fraction of sp³-hybridized carbons (Fsp3) is 0.583. The van der Waals surface area contributed by atoms with E-state index in [-0.39, 0.29) is 10.5 Å². The van der Waals surface area contributed by atoms with Crippen molar-refractivity contribution in [1.82, 2.24) is 4.98 Å². The van der Waals surface area contributed by atoms with Crippen LogP contribution in [0.15, 0.2) is 12.3 Å². The topological polar surface area (TPSA) is 31.4 Å². The minimum Gasteiger partial charge on any atom is -0.399 e. The molecule has 0 amide bonds. The van der Waals surface area contributed by atoms with Gasteiger partial charge in [0.2, 0.25) is 0 Å². The van der Waals surface area contributed by atoms with E-state index in [1.807, 2.05) is 27.7 Å². The summed E-state index contributed by atoms with van der Waals surface area (Å²) in [5.41, 5.74) is -2.19. The van der Waals surface area contributed by atoms with Crippen LogP contribution in [0, 0.1) is 0 Å². The highest BCUT2D eigenvalue weighted by Crippen LogP contribution is 2.37. The quantitative estimate of drug-likeness (QED) is 0.747. The number of halogens is 4. The van der Waals surface area contributed by atoms with E-state index in [9.17, 15) is 13.2 Å². The van der Waals surface area contributed by atoms with Crippen LogP contribution < -0.4 is 5.46 Å². The van der Waals surface area contributed by atoms with Crippen molar-refractivity contribution >= 4 is 24.2 Å². The van der Waals surface area contributed by atoms with Crippen molar-refractivity contribution in [3.05, 3.63) is 23.0 Å². The second kappa shape index (κ2) is 4.61. The average molecular weight is 308 g/mol. The maximum atomic E-state index is 12.7. The molecule has 110 valence electrons. The van der Waals surface area contributed by atoms with Crippen LogP contribution in [0.2, 0.25) is 5.02 Å². The monoisotopic (exact) mass is 307 g/mol. The Morgan fingerprint density at radius 2 is 1.65 bits per heavy atom. The lowest BCUT2D eigenvalue weighted by Gasteiger charge is -2.32. The smallest absolute Gasteiger partial charge is 0.399 e. The van der Waals surface area contributed by atoms with Gasteiger partial charge in [-0.3, -0.25) is 4.98 Å². The molecule has 2 heterocycles. The number of nitrogens with zero attached hydrogens (tertiary/aromatic N) is 1. The number of hydrogen-bond donors (Lipinski definition) is 0. The summed E-state index contributed by atoms with van der Waals surface area (Å²) in [5, 5.41) is 0.0801. The summed E-state index contributed by atoms with van der Waals surface area (Å²) < 4.78 is 49.5. The number of aromatic nitrogens is 1. The van der Waals surface area contributed by atoms with Crippen LogP contribution in [0.1, 0.15) is 33.4 Å². The number of rotatable bonds is 1. The highest BCUT2D eigenvalue weighted by Gasteiger charge is 2.52. The molecular weight excluding hydrogens is 293 g/mol. The molecule has 0 bridgehead atoms. The lowest BCUT2D eigenvalue weighted by atomic mass is 9.79. The third-order valence-electron chi connectivity index (χ3n) is 3.68. The van der Waals surface area contributed by atoms with Gasteiger partial charge >= 0.3 is 13.3 Å². The number of pyridine rings is 1. The van der Waals surface area contributed by atoms with Crippen LogP contribution in [-0.4, -0.2) is 23.3 Å². The molecule has 20 heavy (non-hydrogen) atoms. The largest absolute Gasteiger partial charge is 0.496 e. The van der Waals surface area contributed by atoms with Gasteiger partial charge in [0, 0.05) is 11.7 Å². The summed E-state index contributed by atoms with van der Waals surface area (Å²) >= 11 is 5.92. The molecule has 1 aromatic rings. The molecule has 3 nitrogen and oxygen atoms in total. The van der Waals surface area contributed by atoms with E-state index in [0.29, 0.717) is 0 Å². The first kappa shape index (κ1) is 15.6. The maximum absolute atomic E-state index is 12.7. The molecule has 0 unspecified atom stereocenters. The van der Waals surface area contributed by atoms with Crippen molar-refractivity contribution in [2.75, 3.05) is 0 Å². The third kappa shape index (κ3) is 2.66. The van der Waals surface area contributed by atoms with Crippen LogP contribution in [-0.2, 0) is 15.5 Å². The first-order valence-corrected chi connectivity index (χ1v) is 6.40. The third-order valence-corrected chi connectivity index (χ3v) is 4.00. The van der Waals surface area contributed by atoms with Crippen LogP contribution in [0.4, 0.5) is 13.2 Å². The molecule has 1 saturated heterocycles. The van der Waals surface area contributed by atoms with Gasteiger partial charge < -0.3 is 9.31 Å². The van der Waals surface area contributed by atoms with Gasteiger partial charge in [-0.25, -0.2) is 0 Å². The molecule has 1 aliphatic rings. The van der Waals surface area contributed by atoms with Gasteiger partial charge in [0.15, 0.2) is 0 Å². The Morgan fingerprint density at radius 1 is 1.15 bits per heavy atom. The van der Waals surface area contributed by atoms with Crippen molar-refractivity contribution in [3.8, 4) is 0 Å². The molecule has 1 aliphatic heterocycles. The number of hydrogen-bond acceptors (Lipinski definition) is 3. The summed E-state index contributed by atoms with van der Waals surface area (Å²) in [7, 11) is -0.948. The van der Waals surface area contributed by atoms with Crippen molar-refractivity contribution < 1.29 is 22.5 Å². The molecule has 8 heteroatoms. The second-order valence-corrected chi connectivity index (χ2v) is 6.08. The summed E-state index contributed by atoms with van der Waals surface area (Å²) in [6, 6.07) is 0.866. The van der Waals surface area contributed by atoms with E-state index in [1.54, 1.807) is 0 Å². The highest BCUT2D eigenvalue weighted by atomic mass is 35.5. The average Bonchev–Trinajstić information content (AvgIpc) is 2.46. The van der Waals surface area contributed by atoms with Crippen molar-refractivity contribution in [3.63, 3.8) is 0 Å². The first-order chi connectivity index (χ1) is 8.94. The van der Waals surface area contributed by atoms with Crippen LogP contribution in [0.3, 0.4) is 0 Å². The van der Waals surface area contributed by atoms with Gasteiger partial charge in [-0.1, -0.05) is 11.6 Å². The van der Waals surface area contributed by atoms with Crippen LogP contribution in [0.5, 0.6) is 0 Å². The highest BCUT2D eigenvalue weighted by molar-refractivity contribution is 6.65. The standard InChI is InChI=1S/C12H14BClF3NO2/c1-10(2)11(3,4)20-13(19-10)7-5-9(12(15,16)17)18-6-8(7)14/h5-6H,1-4H3. The van der Waals surface area contributed by atoms with Crippen molar-refractivity contribution in [2.45, 2.75) is 45.1 Å².